The van der Waals surface area contributed by atoms with Gasteiger partial charge in [0.1, 0.15) is 0 Å². The molecule has 0 aliphatic heterocycles. The van der Waals surface area contributed by atoms with Gasteiger partial charge in [-0.15, -0.1) is 0 Å². The van der Waals surface area contributed by atoms with E-state index in [1.807, 2.05) is 0 Å². The number of esters is 19. The number of rotatable bonds is 40. The van der Waals surface area contributed by atoms with E-state index in [4.69, 9.17) is 94.7 Å². The van der Waals surface area contributed by atoms with Crippen LogP contribution in [-0.4, -0.2) is 248 Å². The summed E-state index contributed by atoms with van der Waals surface area (Å²) in [6.07, 6.45) is -33.1. The average molecular weight is 1470 g/mol. The molecule has 574 valence electrons. The number of Topliss-reactive ketones (excluding diaryl/α,β-unsaturated/α-hetero) is 1. The van der Waals surface area contributed by atoms with Crippen molar-refractivity contribution in [1.82, 2.24) is 0 Å². The highest BCUT2D eigenvalue weighted by atomic mass is 16.7. The summed E-state index contributed by atoms with van der Waals surface area (Å²) in [6, 6.07) is 0. The molecule has 0 aromatic heterocycles. The molecular formula is C62H86O40. The first-order valence-corrected chi connectivity index (χ1v) is 30.9. The van der Waals surface area contributed by atoms with E-state index in [0.717, 1.165) is 118 Å². The Labute approximate surface area is 583 Å². The minimum atomic E-state index is -1.80. The lowest BCUT2D eigenvalue weighted by Gasteiger charge is -2.22. The summed E-state index contributed by atoms with van der Waals surface area (Å²) in [5, 5.41) is 0. The molecule has 0 amide bonds. The van der Waals surface area contributed by atoms with E-state index < -0.39 is 241 Å². The maximum Gasteiger partial charge on any atom is 0.347 e. The molecule has 40 nitrogen and oxygen atoms in total. The first-order chi connectivity index (χ1) is 47.0. The van der Waals surface area contributed by atoms with Gasteiger partial charge in [0.15, 0.2) is 128 Å². The Morgan fingerprint density at radius 1 is 0.137 bits per heavy atom. The van der Waals surface area contributed by atoms with Crippen LogP contribution < -0.4 is 0 Å². The van der Waals surface area contributed by atoms with Gasteiger partial charge in [0, 0.05) is 7.11 Å². The second kappa shape index (κ2) is 43.3. The van der Waals surface area contributed by atoms with Crippen molar-refractivity contribution in [3.63, 3.8) is 0 Å². The van der Waals surface area contributed by atoms with Gasteiger partial charge in [-0.1, -0.05) is 0 Å². The summed E-state index contributed by atoms with van der Waals surface area (Å²) in [6.45, 7) is 22.3. The van der Waals surface area contributed by atoms with Crippen LogP contribution in [0.4, 0.5) is 0 Å². The topological polar surface area (TPSA) is 526 Å². The van der Waals surface area contributed by atoms with Crippen molar-refractivity contribution in [3.05, 3.63) is 0 Å². The van der Waals surface area contributed by atoms with Crippen molar-refractivity contribution in [1.29, 1.82) is 0 Å². The van der Waals surface area contributed by atoms with Gasteiger partial charge in [0.25, 0.3) is 0 Å². The van der Waals surface area contributed by atoms with Crippen molar-refractivity contribution in [2.75, 3.05) is 7.11 Å². The van der Waals surface area contributed by atoms with Gasteiger partial charge < -0.3 is 94.7 Å². The first-order valence-electron chi connectivity index (χ1n) is 30.9. The highest BCUT2D eigenvalue weighted by Crippen LogP contribution is 2.15. The summed E-state index contributed by atoms with van der Waals surface area (Å²) in [5.74, 6) is -24.7. The molecule has 0 bridgehead atoms. The summed E-state index contributed by atoms with van der Waals surface area (Å²) >= 11 is 0. The SMILES string of the molecule is COC(C)C(=O)OC(C)C(=O)OC(C)C(=O)OC(C)C(=O)OC(C)C(=O)OC(C)C(=O)OC(C)C(=O)OC(C)C(=O)OC(C)C(=O)OC(C)C(=O)OC(C)C(=O)OC(C)C(=O)OC(C)C(=O)OC(C)C(=O)OC(C)C(=O)OC(C)C(=O)OC(C)C(=O)OC(C)C(=O)OC(C)C(=O)OC(C)C(C)=O. The molecule has 0 heterocycles. The van der Waals surface area contributed by atoms with E-state index in [0.29, 0.717) is 0 Å². The summed E-state index contributed by atoms with van der Waals surface area (Å²) in [4.78, 5) is 250. The van der Waals surface area contributed by atoms with Crippen molar-refractivity contribution in [3.8, 4) is 0 Å². The number of hydrogen-bond donors (Lipinski definition) is 0. The Balaban J connectivity index is 5.03. The van der Waals surface area contributed by atoms with E-state index in [-0.39, 0.29) is 0 Å². The van der Waals surface area contributed by atoms with E-state index in [2.05, 4.69) is 0 Å². The second-order valence-corrected chi connectivity index (χ2v) is 22.0. The molecule has 20 unspecified atom stereocenters. The highest BCUT2D eigenvalue weighted by Gasteiger charge is 2.39. The zero-order valence-corrected chi connectivity index (χ0v) is 59.9. The van der Waals surface area contributed by atoms with Gasteiger partial charge in [-0.05, 0) is 145 Å². The molecule has 40 heteroatoms. The predicted octanol–water partition coefficient (Wildman–Crippen LogP) is -0.687. The molecule has 0 N–H and O–H groups in total. The van der Waals surface area contributed by atoms with E-state index in [1.165, 1.54) is 34.8 Å². The molecule has 0 rings (SSSR count). The molecule has 0 radical (unpaired) electrons. The molecule has 0 saturated heterocycles. The summed E-state index contributed by atoms with van der Waals surface area (Å²) < 4.78 is 98.3. The first kappa shape index (κ1) is 91.6. The van der Waals surface area contributed by atoms with Gasteiger partial charge in [-0.2, -0.15) is 0 Å². The van der Waals surface area contributed by atoms with Crippen LogP contribution in [0.2, 0.25) is 0 Å². The van der Waals surface area contributed by atoms with Crippen LogP contribution in [0.5, 0.6) is 0 Å². The number of ketones is 1. The standard InChI is InChI=1S/C62H86O40/c1-23(63)24(2)84-45(65)26(4)86-47(67)28(6)88-49(69)30(8)90-51(71)32(10)92-53(73)34(12)94-55(75)36(14)96-57(77)38(16)98-59(79)40(18)100-61(81)42(20)102-62(82)43(21)101-60(80)41(19)99-58(78)39(17)97-56(76)37(15)95-54(74)35(13)93-52(72)33(11)91-50(70)31(9)89-48(68)29(7)87-46(66)27(5)85-44(64)25(3)83-22/h24-43H,1-22H3. The van der Waals surface area contributed by atoms with Crippen LogP contribution in [0.25, 0.3) is 0 Å². The lowest BCUT2D eigenvalue weighted by molar-refractivity contribution is -0.191. The smallest absolute Gasteiger partial charge is 0.347 e. The van der Waals surface area contributed by atoms with Crippen LogP contribution in [0.15, 0.2) is 0 Å². The second-order valence-electron chi connectivity index (χ2n) is 22.0. The summed E-state index contributed by atoms with van der Waals surface area (Å²) in [7, 11) is 1.23. The van der Waals surface area contributed by atoms with Crippen molar-refractivity contribution in [2.45, 2.75) is 267 Å². The van der Waals surface area contributed by atoms with Gasteiger partial charge in [-0.3, -0.25) is 4.79 Å². The number of carbonyl (C=O) groups is 20. The van der Waals surface area contributed by atoms with E-state index in [9.17, 15) is 95.9 Å². The minimum absolute atomic E-state index is 0.476. The zero-order chi connectivity index (χ0) is 79.2. The molecule has 0 spiro atoms. The Morgan fingerprint density at radius 3 is 0.275 bits per heavy atom. The molecule has 0 aliphatic carbocycles. The monoisotopic (exact) mass is 1470 g/mol. The average Bonchev–Trinajstić information content (AvgIpc) is 0.920. The lowest BCUT2D eigenvalue weighted by Crippen LogP contribution is -2.40. The van der Waals surface area contributed by atoms with Crippen LogP contribution in [0, 0.1) is 0 Å². The quantitative estimate of drug-likeness (QED) is 0.0541. The maximum absolute atomic E-state index is 12.8. The van der Waals surface area contributed by atoms with Crippen molar-refractivity contribution < 1.29 is 191 Å². The third-order valence-electron chi connectivity index (χ3n) is 12.8. The van der Waals surface area contributed by atoms with Gasteiger partial charge in [0.05, 0.1) is 0 Å². The fourth-order valence-corrected chi connectivity index (χ4v) is 6.18. The van der Waals surface area contributed by atoms with Gasteiger partial charge in [-0.25, -0.2) is 91.1 Å². The van der Waals surface area contributed by atoms with Crippen LogP contribution >= 0.6 is 0 Å². The predicted molar refractivity (Wildman–Crippen MR) is 323 cm³/mol. The van der Waals surface area contributed by atoms with E-state index in [1.54, 1.807) is 0 Å². The summed E-state index contributed by atoms with van der Waals surface area (Å²) in [5.41, 5.74) is 0. The third-order valence-corrected chi connectivity index (χ3v) is 12.8. The fraction of sp³-hybridized carbons (Fsp3) is 0.677. The Kier molecular flexibility index (Phi) is 38.8. The molecular weight excluding hydrogens is 1380 g/mol. The maximum atomic E-state index is 12.8. The largest absolute Gasteiger partial charge is 0.452 e. The van der Waals surface area contributed by atoms with Crippen LogP contribution in [0.1, 0.15) is 145 Å². The number of hydrogen-bond acceptors (Lipinski definition) is 40. The molecule has 0 aromatic rings. The molecule has 102 heavy (non-hydrogen) atoms. The van der Waals surface area contributed by atoms with Crippen LogP contribution in [0.3, 0.4) is 0 Å². The van der Waals surface area contributed by atoms with Crippen LogP contribution in [-0.2, 0) is 191 Å². The van der Waals surface area contributed by atoms with Gasteiger partial charge in [0.2, 0.25) is 0 Å². The number of ether oxygens (including phenoxy) is 20. The van der Waals surface area contributed by atoms with Crippen molar-refractivity contribution in [2.24, 2.45) is 0 Å². The molecule has 0 aromatic carbocycles. The highest BCUT2D eigenvalue weighted by molar-refractivity contribution is 5.92. The fourth-order valence-electron chi connectivity index (χ4n) is 6.18. The van der Waals surface area contributed by atoms with Crippen molar-refractivity contribution >= 4 is 119 Å². The Hall–Kier alpha value is -10.4. The number of methoxy groups -OCH3 is 1. The number of carbonyl (C=O) groups excluding carboxylic acids is 20. The lowest BCUT2D eigenvalue weighted by atomic mass is 10.3. The zero-order valence-electron chi connectivity index (χ0n) is 59.9. The Morgan fingerprint density at radius 2 is 0.206 bits per heavy atom. The molecule has 0 saturated carbocycles. The molecule has 20 atom stereocenters. The normalized spacial score (nSPS) is 16.8. The minimum Gasteiger partial charge on any atom is -0.452 e. The molecule has 0 fully saturated rings. The Bertz CT molecular complexity index is 3080. The van der Waals surface area contributed by atoms with Gasteiger partial charge >= 0.3 is 113 Å². The van der Waals surface area contributed by atoms with E-state index >= 15 is 0 Å². The molecule has 0 aliphatic rings. The third kappa shape index (κ3) is 32.3.